The lowest BCUT2D eigenvalue weighted by Gasteiger charge is -2.38. The zero-order valence-corrected chi connectivity index (χ0v) is 8.51. The largest absolute Gasteiger partial charge is 0.314 e. The van der Waals surface area contributed by atoms with E-state index >= 15 is 0 Å². The SMILES string of the molecule is CCC(C)(C)[C@H]1CCCN(O)C1. The monoisotopic (exact) mass is 171 g/mol. The Labute approximate surface area is 75.5 Å². The molecule has 1 aliphatic heterocycles. The molecule has 2 heteroatoms. The Morgan fingerprint density at radius 1 is 1.50 bits per heavy atom. The second-order valence-corrected chi connectivity index (χ2v) is 4.59. The summed E-state index contributed by atoms with van der Waals surface area (Å²) in [6, 6.07) is 0. The molecule has 1 atom stereocenters. The Morgan fingerprint density at radius 3 is 2.67 bits per heavy atom. The van der Waals surface area contributed by atoms with E-state index in [2.05, 4.69) is 20.8 Å². The summed E-state index contributed by atoms with van der Waals surface area (Å²) in [4.78, 5) is 0. The van der Waals surface area contributed by atoms with E-state index in [0.717, 1.165) is 19.5 Å². The molecule has 0 aromatic carbocycles. The van der Waals surface area contributed by atoms with Crippen LogP contribution < -0.4 is 0 Å². The smallest absolute Gasteiger partial charge is 0.0271 e. The lowest BCUT2D eigenvalue weighted by Crippen LogP contribution is -2.39. The first kappa shape index (κ1) is 10.0. The highest BCUT2D eigenvalue weighted by Crippen LogP contribution is 2.35. The normalized spacial score (nSPS) is 27.5. The van der Waals surface area contributed by atoms with Crippen molar-refractivity contribution in [3.05, 3.63) is 0 Å². The third-order valence-electron chi connectivity index (χ3n) is 3.42. The molecule has 0 aliphatic carbocycles. The van der Waals surface area contributed by atoms with Gasteiger partial charge in [-0.05, 0) is 24.2 Å². The summed E-state index contributed by atoms with van der Waals surface area (Å²) >= 11 is 0. The Balaban J connectivity index is 2.50. The summed E-state index contributed by atoms with van der Waals surface area (Å²) in [5.41, 5.74) is 0.390. The molecule has 0 spiro atoms. The highest BCUT2D eigenvalue weighted by molar-refractivity contribution is 4.81. The van der Waals surface area contributed by atoms with Crippen LogP contribution in [0.2, 0.25) is 0 Å². The molecule has 0 bridgehead atoms. The van der Waals surface area contributed by atoms with Crippen LogP contribution in [0.25, 0.3) is 0 Å². The van der Waals surface area contributed by atoms with Crippen LogP contribution in [-0.2, 0) is 0 Å². The van der Waals surface area contributed by atoms with E-state index in [-0.39, 0.29) is 0 Å². The van der Waals surface area contributed by atoms with Gasteiger partial charge in [0.15, 0.2) is 0 Å². The van der Waals surface area contributed by atoms with Crippen LogP contribution in [0.15, 0.2) is 0 Å². The van der Waals surface area contributed by atoms with Gasteiger partial charge in [-0.1, -0.05) is 27.2 Å². The molecule has 0 radical (unpaired) electrons. The zero-order valence-electron chi connectivity index (χ0n) is 8.51. The minimum absolute atomic E-state index is 0.390. The molecule has 72 valence electrons. The van der Waals surface area contributed by atoms with E-state index in [1.807, 2.05) is 0 Å². The Bertz CT molecular complexity index is 145. The first-order valence-corrected chi connectivity index (χ1v) is 5.00. The van der Waals surface area contributed by atoms with E-state index in [1.165, 1.54) is 17.9 Å². The fourth-order valence-electron chi connectivity index (χ4n) is 1.88. The fourth-order valence-corrected chi connectivity index (χ4v) is 1.88. The second-order valence-electron chi connectivity index (χ2n) is 4.59. The Morgan fingerprint density at radius 2 is 2.17 bits per heavy atom. The maximum Gasteiger partial charge on any atom is 0.0271 e. The maximum absolute atomic E-state index is 9.37. The van der Waals surface area contributed by atoms with Crippen LogP contribution in [-0.4, -0.2) is 23.4 Å². The van der Waals surface area contributed by atoms with Gasteiger partial charge >= 0.3 is 0 Å². The zero-order chi connectivity index (χ0) is 9.19. The summed E-state index contributed by atoms with van der Waals surface area (Å²) in [5, 5.41) is 10.8. The number of hydrogen-bond donors (Lipinski definition) is 1. The van der Waals surface area contributed by atoms with E-state index in [0.29, 0.717) is 11.3 Å². The highest BCUT2D eigenvalue weighted by Gasteiger charge is 2.31. The fraction of sp³-hybridized carbons (Fsp3) is 1.00. The van der Waals surface area contributed by atoms with Crippen LogP contribution in [0.4, 0.5) is 0 Å². The van der Waals surface area contributed by atoms with Gasteiger partial charge in [0.1, 0.15) is 0 Å². The third kappa shape index (κ3) is 2.20. The van der Waals surface area contributed by atoms with Crippen molar-refractivity contribution >= 4 is 0 Å². The average Bonchev–Trinajstić information content (AvgIpc) is 2.05. The van der Waals surface area contributed by atoms with Gasteiger partial charge < -0.3 is 5.21 Å². The van der Waals surface area contributed by atoms with E-state index in [1.54, 1.807) is 0 Å². The van der Waals surface area contributed by atoms with Crippen LogP contribution in [0.3, 0.4) is 0 Å². The molecule has 1 saturated heterocycles. The lowest BCUT2D eigenvalue weighted by molar-refractivity contribution is -0.131. The summed E-state index contributed by atoms with van der Waals surface area (Å²) in [5.74, 6) is 0.668. The number of rotatable bonds is 2. The third-order valence-corrected chi connectivity index (χ3v) is 3.42. The van der Waals surface area contributed by atoms with Crippen molar-refractivity contribution in [3.63, 3.8) is 0 Å². The summed E-state index contributed by atoms with van der Waals surface area (Å²) in [6.45, 7) is 8.56. The summed E-state index contributed by atoms with van der Waals surface area (Å²) in [6.07, 6.45) is 3.62. The Hall–Kier alpha value is -0.0800. The van der Waals surface area contributed by atoms with E-state index in [4.69, 9.17) is 0 Å². The Kier molecular flexibility index (Phi) is 3.13. The van der Waals surface area contributed by atoms with Crippen LogP contribution >= 0.6 is 0 Å². The minimum Gasteiger partial charge on any atom is -0.314 e. The molecule has 0 amide bonds. The van der Waals surface area contributed by atoms with Gasteiger partial charge in [-0.3, -0.25) is 0 Å². The number of piperidine rings is 1. The molecule has 0 saturated carbocycles. The molecule has 0 unspecified atom stereocenters. The average molecular weight is 171 g/mol. The molecule has 1 N–H and O–H groups in total. The highest BCUT2D eigenvalue weighted by atomic mass is 16.5. The van der Waals surface area contributed by atoms with Crippen molar-refractivity contribution in [1.82, 2.24) is 5.06 Å². The van der Waals surface area contributed by atoms with Crippen molar-refractivity contribution in [2.75, 3.05) is 13.1 Å². The van der Waals surface area contributed by atoms with E-state index in [9.17, 15) is 5.21 Å². The number of nitrogens with zero attached hydrogens (tertiary/aromatic N) is 1. The van der Waals surface area contributed by atoms with Crippen molar-refractivity contribution in [2.24, 2.45) is 11.3 Å². The second kappa shape index (κ2) is 3.75. The molecule has 12 heavy (non-hydrogen) atoms. The number of hydroxylamine groups is 2. The quantitative estimate of drug-likeness (QED) is 0.690. The van der Waals surface area contributed by atoms with Gasteiger partial charge in [-0.25, -0.2) is 0 Å². The van der Waals surface area contributed by atoms with Crippen LogP contribution in [0.1, 0.15) is 40.0 Å². The van der Waals surface area contributed by atoms with Gasteiger partial charge in [0.2, 0.25) is 0 Å². The molecule has 1 fully saturated rings. The predicted molar refractivity (Wildman–Crippen MR) is 50.2 cm³/mol. The molecular weight excluding hydrogens is 150 g/mol. The topological polar surface area (TPSA) is 23.5 Å². The molecule has 0 aromatic rings. The van der Waals surface area contributed by atoms with Crippen molar-refractivity contribution in [2.45, 2.75) is 40.0 Å². The van der Waals surface area contributed by atoms with Crippen molar-refractivity contribution in [1.29, 1.82) is 0 Å². The van der Waals surface area contributed by atoms with Gasteiger partial charge in [0, 0.05) is 13.1 Å². The van der Waals surface area contributed by atoms with E-state index < -0.39 is 0 Å². The standard InChI is InChI=1S/C10H21NO/c1-4-10(2,3)9-6-5-7-11(12)8-9/h9,12H,4-8H2,1-3H3/t9-/m0/s1. The molecule has 0 aromatic heterocycles. The molecular formula is C10H21NO. The number of hydrogen-bond acceptors (Lipinski definition) is 2. The van der Waals surface area contributed by atoms with Crippen molar-refractivity contribution < 1.29 is 5.21 Å². The van der Waals surface area contributed by atoms with Gasteiger partial charge in [0.05, 0.1) is 0 Å². The maximum atomic E-state index is 9.37. The predicted octanol–water partition coefficient (Wildman–Crippen LogP) is 2.52. The van der Waals surface area contributed by atoms with Crippen molar-refractivity contribution in [3.8, 4) is 0 Å². The van der Waals surface area contributed by atoms with Gasteiger partial charge in [-0.2, -0.15) is 5.06 Å². The molecule has 1 rings (SSSR count). The molecule has 1 heterocycles. The first-order valence-electron chi connectivity index (χ1n) is 5.00. The first-order chi connectivity index (χ1) is 5.56. The van der Waals surface area contributed by atoms with Crippen LogP contribution in [0.5, 0.6) is 0 Å². The molecule has 2 nitrogen and oxygen atoms in total. The summed E-state index contributed by atoms with van der Waals surface area (Å²) < 4.78 is 0. The lowest BCUT2D eigenvalue weighted by atomic mass is 9.73. The van der Waals surface area contributed by atoms with Crippen LogP contribution in [0, 0.1) is 11.3 Å². The van der Waals surface area contributed by atoms with Gasteiger partial charge in [-0.15, -0.1) is 0 Å². The summed E-state index contributed by atoms with van der Waals surface area (Å²) in [7, 11) is 0. The molecule has 1 aliphatic rings. The minimum atomic E-state index is 0.390. The van der Waals surface area contributed by atoms with Gasteiger partial charge in [0.25, 0.3) is 0 Å².